The smallest absolute Gasteiger partial charge is 0.164 e. The van der Waals surface area contributed by atoms with Crippen LogP contribution in [0.15, 0.2) is 115 Å². The molecule has 0 spiro atoms. The largest absolute Gasteiger partial charge is 0.208 e. The molecule has 208 valence electrons. The van der Waals surface area contributed by atoms with Gasteiger partial charge in [0, 0.05) is 22.1 Å². The Morgan fingerprint density at radius 3 is 1.70 bits per heavy atom. The number of fused-ring (bicyclic) bond motifs is 7. The van der Waals surface area contributed by atoms with E-state index < -0.39 is 0 Å². The number of rotatable bonds is 5. The number of benzene rings is 5. The summed E-state index contributed by atoms with van der Waals surface area (Å²) < 4.78 is 0. The monoisotopic (exact) mass is 555 g/mol. The zero-order valence-electron chi connectivity index (χ0n) is 24.6. The first kappa shape index (κ1) is 25.8. The average Bonchev–Trinajstić information content (AvgIpc) is 3.39. The summed E-state index contributed by atoms with van der Waals surface area (Å²) >= 11 is 0. The van der Waals surface area contributed by atoms with E-state index in [1.807, 2.05) is 36.4 Å². The Morgan fingerprint density at radius 2 is 1.02 bits per heavy atom. The van der Waals surface area contributed by atoms with Crippen LogP contribution in [-0.2, 0) is 18.3 Å². The molecule has 2 aliphatic carbocycles. The van der Waals surface area contributed by atoms with E-state index in [2.05, 4.69) is 92.7 Å². The van der Waals surface area contributed by atoms with Crippen LogP contribution in [0.25, 0.3) is 56.4 Å². The molecule has 5 aromatic carbocycles. The number of nitrogens with zero attached hydrogens (tertiary/aromatic N) is 3. The van der Waals surface area contributed by atoms with Gasteiger partial charge in [0.2, 0.25) is 0 Å². The van der Waals surface area contributed by atoms with E-state index >= 15 is 0 Å². The van der Waals surface area contributed by atoms with Crippen LogP contribution in [0.1, 0.15) is 48.9 Å². The van der Waals surface area contributed by atoms with Gasteiger partial charge in [0.1, 0.15) is 0 Å². The summed E-state index contributed by atoms with van der Waals surface area (Å²) in [5, 5.41) is 0. The first-order chi connectivity index (χ1) is 21.2. The van der Waals surface area contributed by atoms with Crippen molar-refractivity contribution in [2.24, 2.45) is 0 Å². The second kappa shape index (κ2) is 10.1. The SMILES string of the molecule is CCC1(CC)c2cccc(-c3nc(-c4ccccc4)nc(-c4ccccc4)n3)c2-c2c1ccc1c2-c2ccccc2CC1. The van der Waals surface area contributed by atoms with E-state index in [1.54, 1.807) is 0 Å². The lowest BCUT2D eigenvalue weighted by Crippen LogP contribution is -2.23. The van der Waals surface area contributed by atoms with Gasteiger partial charge in [0.05, 0.1) is 0 Å². The lowest BCUT2D eigenvalue weighted by molar-refractivity contribution is 0.490. The first-order valence-electron chi connectivity index (χ1n) is 15.5. The van der Waals surface area contributed by atoms with Gasteiger partial charge < -0.3 is 0 Å². The Labute approximate surface area is 253 Å². The molecule has 0 saturated carbocycles. The molecule has 1 heterocycles. The molecule has 0 unspecified atom stereocenters. The molecule has 3 heteroatoms. The van der Waals surface area contributed by atoms with E-state index in [0.717, 1.165) is 48.2 Å². The highest BCUT2D eigenvalue weighted by atomic mass is 15.0. The van der Waals surface area contributed by atoms with Crippen molar-refractivity contribution in [1.29, 1.82) is 0 Å². The van der Waals surface area contributed by atoms with E-state index in [4.69, 9.17) is 15.0 Å². The van der Waals surface area contributed by atoms with Gasteiger partial charge in [-0.3, -0.25) is 0 Å². The van der Waals surface area contributed by atoms with Crippen LogP contribution in [-0.4, -0.2) is 15.0 Å². The predicted octanol–water partition coefficient (Wildman–Crippen LogP) is 9.72. The van der Waals surface area contributed by atoms with E-state index in [0.29, 0.717) is 11.6 Å². The maximum Gasteiger partial charge on any atom is 0.164 e. The van der Waals surface area contributed by atoms with Gasteiger partial charge in [-0.1, -0.05) is 129 Å². The number of hydrogen-bond donors (Lipinski definition) is 0. The molecular formula is C40H33N3. The van der Waals surface area contributed by atoms with Gasteiger partial charge in [0.15, 0.2) is 17.5 Å². The normalized spacial score (nSPS) is 14.0. The van der Waals surface area contributed by atoms with Crippen LogP contribution in [0.2, 0.25) is 0 Å². The van der Waals surface area contributed by atoms with Crippen LogP contribution in [0.4, 0.5) is 0 Å². The van der Waals surface area contributed by atoms with Crippen LogP contribution in [0.5, 0.6) is 0 Å². The predicted molar refractivity (Wildman–Crippen MR) is 176 cm³/mol. The number of hydrogen-bond acceptors (Lipinski definition) is 3. The van der Waals surface area contributed by atoms with Crippen molar-refractivity contribution >= 4 is 0 Å². The summed E-state index contributed by atoms with van der Waals surface area (Å²) in [7, 11) is 0. The molecule has 6 aromatic rings. The Morgan fingerprint density at radius 1 is 0.465 bits per heavy atom. The number of aromatic nitrogens is 3. The van der Waals surface area contributed by atoms with Gasteiger partial charge in [0.25, 0.3) is 0 Å². The lowest BCUT2D eigenvalue weighted by atomic mass is 9.72. The molecule has 0 saturated heterocycles. The highest BCUT2D eigenvalue weighted by molar-refractivity contribution is 6.00. The molecule has 8 rings (SSSR count). The van der Waals surface area contributed by atoms with Crippen LogP contribution >= 0.6 is 0 Å². The van der Waals surface area contributed by atoms with Crippen molar-refractivity contribution in [2.75, 3.05) is 0 Å². The Bertz CT molecular complexity index is 1930. The highest BCUT2D eigenvalue weighted by Crippen LogP contribution is 2.59. The Balaban J connectivity index is 1.45. The summed E-state index contributed by atoms with van der Waals surface area (Å²) in [6.45, 7) is 4.68. The van der Waals surface area contributed by atoms with Gasteiger partial charge in [-0.05, 0) is 70.2 Å². The lowest BCUT2D eigenvalue weighted by Gasteiger charge is -2.30. The zero-order valence-corrected chi connectivity index (χ0v) is 24.6. The van der Waals surface area contributed by atoms with Crippen LogP contribution in [0.3, 0.4) is 0 Å². The minimum absolute atomic E-state index is 0.0559. The van der Waals surface area contributed by atoms with E-state index in [9.17, 15) is 0 Å². The van der Waals surface area contributed by atoms with E-state index in [-0.39, 0.29) is 5.41 Å². The minimum atomic E-state index is -0.0559. The van der Waals surface area contributed by atoms with Crippen molar-refractivity contribution in [1.82, 2.24) is 15.0 Å². The Hall–Kier alpha value is -4.89. The van der Waals surface area contributed by atoms with Crippen molar-refractivity contribution in [3.63, 3.8) is 0 Å². The van der Waals surface area contributed by atoms with Crippen molar-refractivity contribution < 1.29 is 0 Å². The third kappa shape index (κ3) is 3.91. The van der Waals surface area contributed by atoms with Gasteiger partial charge in [-0.2, -0.15) is 0 Å². The van der Waals surface area contributed by atoms with Gasteiger partial charge in [-0.25, -0.2) is 15.0 Å². The van der Waals surface area contributed by atoms with Crippen molar-refractivity contribution in [3.8, 4) is 56.4 Å². The second-order valence-corrected chi connectivity index (χ2v) is 11.7. The quantitative estimate of drug-likeness (QED) is 0.213. The molecule has 0 amide bonds. The fourth-order valence-electron chi connectivity index (χ4n) is 7.56. The van der Waals surface area contributed by atoms with Crippen molar-refractivity contribution in [2.45, 2.75) is 44.9 Å². The number of aryl methyl sites for hydroxylation is 2. The second-order valence-electron chi connectivity index (χ2n) is 11.7. The summed E-state index contributed by atoms with van der Waals surface area (Å²) in [5.74, 6) is 2.11. The molecule has 2 aliphatic rings. The standard InChI is InChI=1S/C40H33N3/c1-3-40(4-2)32-21-13-20-31(35(32)36-33(40)25-24-27-23-22-26-14-11-12-19-30(26)34(27)36)39-42-37(28-15-7-5-8-16-28)41-38(43-39)29-17-9-6-10-18-29/h5-21,24-25H,3-4,22-23H2,1-2H3. The average molecular weight is 556 g/mol. The molecule has 0 radical (unpaired) electrons. The highest BCUT2D eigenvalue weighted by Gasteiger charge is 2.44. The molecular weight excluding hydrogens is 522 g/mol. The fourth-order valence-corrected chi connectivity index (χ4v) is 7.56. The molecule has 0 N–H and O–H groups in total. The summed E-state index contributed by atoms with van der Waals surface area (Å²) in [4.78, 5) is 15.3. The Kier molecular flexibility index (Phi) is 6.08. The maximum atomic E-state index is 5.18. The topological polar surface area (TPSA) is 38.7 Å². The maximum absolute atomic E-state index is 5.18. The summed E-state index contributed by atoms with van der Waals surface area (Å²) in [6.07, 6.45) is 4.21. The molecule has 0 atom stereocenters. The van der Waals surface area contributed by atoms with Gasteiger partial charge >= 0.3 is 0 Å². The zero-order chi connectivity index (χ0) is 29.0. The van der Waals surface area contributed by atoms with Crippen LogP contribution in [0, 0.1) is 0 Å². The molecule has 3 nitrogen and oxygen atoms in total. The summed E-state index contributed by atoms with van der Waals surface area (Å²) in [5.41, 5.74) is 14.1. The molecule has 0 fully saturated rings. The molecule has 0 bridgehead atoms. The molecule has 43 heavy (non-hydrogen) atoms. The van der Waals surface area contributed by atoms with Crippen LogP contribution < -0.4 is 0 Å². The van der Waals surface area contributed by atoms with E-state index in [1.165, 1.54) is 44.5 Å². The first-order valence-corrected chi connectivity index (χ1v) is 15.5. The fraction of sp³-hybridized carbons (Fsp3) is 0.175. The third-order valence-electron chi connectivity index (χ3n) is 9.74. The molecule has 0 aliphatic heterocycles. The molecule has 1 aromatic heterocycles. The van der Waals surface area contributed by atoms with Crippen molar-refractivity contribution in [3.05, 3.63) is 138 Å². The third-order valence-corrected chi connectivity index (χ3v) is 9.74. The van der Waals surface area contributed by atoms with Gasteiger partial charge in [-0.15, -0.1) is 0 Å². The minimum Gasteiger partial charge on any atom is -0.208 e. The summed E-state index contributed by atoms with van der Waals surface area (Å²) in [6, 6.07) is 41.1.